The fourth-order valence-electron chi connectivity index (χ4n) is 1.67. The summed E-state index contributed by atoms with van der Waals surface area (Å²) in [5.74, 6) is 1.97. The molecule has 1 aromatic heterocycles. The zero-order valence-electron chi connectivity index (χ0n) is 9.22. The molecule has 88 valence electrons. The summed E-state index contributed by atoms with van der Waals surface area (Å²) in [5.41, 5.74) is 0.0646. The first-order valence-electron chi connectivity index (χ1n) is 5.24. The van der Waals surface area contributed by atoms with Gasteiger partial charge in [-0.3, -0.25) is 4.79 Å². The molecule has 1 aliphatic carbocycles. The van der Waals surface area contributed by atoms with E-state index in [-0.39, 0.29) is 5.41 Å². The molecule has 1 aromatic rings. The minimum absolute atomic E-state index is 0.0646. The van der Waals surface area contributed by atoms with Crippen LogP contribution < -0.4 is 0 Å². The van der Waals surface area contributed by atoms with Gasteiger partial charge in [0.05, 0.1) is 12.2 Å². The van der Waals surface area contributed by atoms with Crippen molar-refractivity contribution in [2.75, 3.05) is 5.75 Å². The van der Waals surface area contributed by atoms with Gasteiger partial charge in [0.25, 0.3) is 0 Å². The van der Waals surface area contributed by atoms with Gasteiger partial charge in [-0.25, -0.2) is 0 Å². The van der Waals surface area contributed by atoms with Crippen LogP contribution in [0.5, 0.6) is 0 Å². The lowest BCUT2D eigenvalue weighted by Gasteiger charge is -2.11. The minimum Gasteiger partial charge on any atom is -0.481 e. The standard InChI is InChI=1S/C10H15N3O2S/c1-13-7-11-12-8(13)5-16-6-10(2-3-10)4-9(14)15/h7H,2-6H2,1H3,(H,14,15). The van der Waals surface area contributed by atoms with Crippen molar-refractivity contribution in [1.29, 1.82) is 0 Å². The van der Waals surface area contributed by atoms with Crippen molar-refractivity contribution >= 4 is 17.7 Å². The Kier molecular flexibility index (Phi) is 3.18. The van der Waals surface area contributed by atoms with Crippen molar-refractivity contribution in [3.8, 4) is 0 Å². The number of hydrogen-bond acceptors (Lipinski definition) is 4. The number of carboxylic acids is 1. The summed E-state index contributed by atoms with van der Waals surface area (Å²) < 4.78 is 1.89. The SMILES string of the molecule is Cn1cnnc1CSCC1(CC(=O)O)CC1. The third-order valence-corrected chi connectivity index (χ3v) is 4.21. The van der Waals surface area contributed by atoms with E-state index in [4.69, 9.17) is 5.11 Å². The number of aryl methyl sites for hydroxylation is 1. The van der Waals surface area contributed by atoms with Gasteiger partial charge in [-0.05, 0) is 24.0 Å². The Morgan fingerprint density at radius 1 is 1.69 bits per heavy atom. The van der Waals surface area contributed by atoms with Gasteiger partial charge in [-0.15, -0.1) is 10.2 Å². The summed E-state index contributed by atoms with van der Waals surface area (Å²) in [5, 5.41) is 16.6. The molecule has 6 heteroatoms. The molecular formula is C10H15N3O2S. The van der Waals surface area contributed by atoms with E-state index < -0.39 is 5.97 Å². The fraction of sp³-hybridized carbons (Fsp3) is 0.700. The van der Waals surface area contributed by atoms with E-state index in [9.17, 15) is 4.79 Å². The van der Waals surface area contributed by atoms with Crippen molar-refractivity contribution < 1.29 is 9.90 Å². The highest BCUT2D eigenvalue weighted by Gasteiger charge is 2.44. The molecule has 2 rings (SSSR count). The van der Waals surface area contributed by atoms with Gasteiger partial charge in [0.2, 0.25) is 0 Å². The Morgan fingerprint density at radius 3 is 2.94 bits per heavy atom. The third kappa shape index (κ3) is 2.75. The predicted octanol–water partition coefficient (Wildman–Crippen LogP) is 1.30. The second-order valence-corrected chi connectivity index (χ2v) is 5.41. The summed E-state index contributed by atoms with van der Waals surface area (Å²) in [6.45, 7) is 0. The van der Waals surface area contributed by atoms with Crippen molar-refractivity contribution in [2.24, 2.45) is 12.5 Å². The van der Waals surface area contributed by atoms with Gasteiger partial charge in [0.1, 0.15) is 12.2 Å². The number of nitrogens with zero attached hydrogens (tertiary/aromatic N) is 3. The first-order valence-corrected chi connectivity index (χ1v) is 6.39. The molecule has 1 fully saturated rings. The molecular weight excluding hydrogens is 226 g/mol. The normalized spacial score (nSPS) is 17.3. The van der Waals surface area contributed by atoms with Crippen LogP contribution in [0.4, 0.5) is 0 Å². The zero-order valence-corrected chi connectivity index (χ0v) is 10.0. The summed E-state index contributed by atoms with van der Waals surface area (Å²) >= 11 is 1.75. The molecule has 5 nitrogen and oxygen atoms in total. The third-order valence-electron chi connectivity index (χ3n) is 2.93. The van der Waals surface area contributed by atoms with Gasteiger partial charge < -0.3 is 9.67 Å². The Balaban J connectivity index is 1.76. The molecule has 0 unspecified atom stereocenters. The molecule has 16 heavy (non-hydrogen) atoms. The lowest BCUT2D eigenvalue weighted by atomic mass is 10.1. The molecule has 1 N–H and O–H groups in total. The monoisotopic (exact) mass is 241 g/mol. The molecule has 0 atom stereocenters. The van der Waals surface area contributed by atoms with Gasteiger partial charge in [-0.2, -0.15) is 11.8 Å². The average Bonchev–Trinajstić information content (AvgIpc) is 2.82. The van der Waals surface area contributed by atoms with Crippen LogP contribution in [0.2, 0.25) is 0 Å². The fourth-order valence-corrected chi connectivity index (χ4v) is 3.04. The number of thioether (sulfide) groups is 1. The van der Waals surface area contributed by atoms with E-state index in [0.717, 1.165) is 30.2 Å². The molecule has 0 saturated heterocycles. The second-order valence-electron chi connectivity index (χ2n) is 4.42. The second kappa shape index (κ2) is 4.45. The number of carbonyl (C=O) groups is 1. The van der Waals surface area contributed by atoms with Crippen molar-refractivity contribution in [2.45, 2.75) is 25.0 Å². The summed E-state index contributed by atoms with van der Waals surface area (Å²) in [4.78, 5) is 10.7. The van der Waals surface area contributed by atoms with Crippen LogP contribution in [-0.2, 0) is 17.6 Å². The minimum atomic E-state index is -0.684. The van der Waals surface area contributed by atoms with Gasteiger partial charge >= 0.3 is 5.97 Å². The zero-order chi connectivity index (χ0) is 11.6. The Labute approximate surface area is 98.3 Å². The van der Waals surface area contributed by atoms with Crippen molar-refractivity contribution in [3.05, 3.63) is 12.2 Å². The smallest absolute Gasteiger partial charge is 0.303 e. The number of aromatic nitrogens is 3. The van der Waals surface area contributed by atoms with Gasteiger partial charge in [-0.1, -0.05) is 0 Å². The van der Waals surface area contributed by atoms with Gasteiger partial charge in [0.15, 0.2) is 0 Å². The van der Waals surface area contributed by atoms with Crippen molar-refractivity contribution in [1.82, 2.24) is 14.8 Å². The Hall–Kier alpha value is -1.04. The molecule has 1 heterocycles. The van der Waals surface area contributed by atoms with E-state index in [1.165, 1.54) is 0 Å². The highest BCUT2D eigenvalue weighted by molar-refractivity contribution is 7.98. The highest BCUT2D eigenvalue weighted by atomic mass is 32.2. The molecule has 1 saturated carbocycles. The number of rotatable bonds is 6. The maximum atomic E-state index is 10.7. The first-order chi connectivity index (χ1) is 7.61. The largest absolute Gasteiger partial charge is 0.481 e. The summed E-state index contributed by atoms with van der Waals surface area (Å²) in [7, 11) is 1.92. The van der Waals surface area contributed by atoms with Crippen LogP contribution in [0.1, 0.15) is 25.1 Å². The topological polar surface area (TPSA) is 68.0 Å². The van der Waals surface area contributed by atoms with Gasteiger partial charge in [0, 0.05) is 7.05 Å². The lowest BCUT2D eigenvalue weighted by molar-refractivity contribution is -0.138. The quantitative estimate of drug-likeness (QED) is 0.813. The number of aliphatic carboxylic acids is 1. The van der Waals surface area contributed by atoms with E-state index in [1.807, 2.05) is 11.6 Å². The van der Waals surface area contributed by atoms with E-state index in [2.05, 4.69) is 10.2 Å². The molecule has 0 amide bonds. The molecule has 0 aromatic carbocycles. The Bertz CT molecular complexity index is 387. The summed E-state index contributed by atoms with van der Waals surface area (Å²) in [6, 6.07) is 0. The summed E-state index contributed by atoms with van der Waals surface area (Å²) in [6.07, 6.45) is 4.08. The molecule has 0 aliphatic heterocycles. The number of carboxylic acid groups (broad SMARTS) is 1. The van der Waals surface area contributed by atoms with Crippen LogP contribution >= 0.6 is 11.8 Å². The first kappa shape index (κ1) is 11.4. The van der Waals surface area contributed by atoms with Crippen molar-refractivity contribution in [3.63, 3.8) is 0 Å². The Morgan fingerprint density at radius 2 is 2.44 bits per heavy atom. The van der Waals surface area contributed by atoms with E-state index >= 15 is 0 Å². The maximum Gasteiger partial charge on any atom is 0.303 e. The van der Waals surface area contributed by atoms with E-state index in [1.54, 1.807) is 18.1 Å². The van der Waals surface area contributed by atoms with Crippen LogP contribution in [-0.4, -0.2) is 31.6 Å². The van der Waals surface area contributed by atoms with Crippen LogP contribution in [0.3, 0.4) is 0 Å². The number of hydrogen-bond donors (Lipinski definition) is 1. The van der Waals surface area contributed by atoms with E-state index in [0.29, 0.717) is 6.42 Å². The average molecular weight is 241 g/mol. The van der Waals surface area contributed by atoms with Crippen LogP contribution in [0.25, 0.3) is 0 Å². The predicted molar refractivity (Wildman–Crippen MR) is 61.1 cm³/mol. The molecule has 0 bridgehead atoms. The molecule has 1 aliphatic rings. The highest BCUT2D eigenvalue weighted by Crippen LogP contribution is 2.51. The lowest BCUT2D eigenvalue weighted by Crippen LogP contribution is -2.11. The molecule has 0 spiro atoms. The van der Waals surface area contributed by atoms with Crippen LogP contribution in [0, 0.1) is 5.41 Å². The molecule has 0 radical (unpaired) electrons. The maximum absolute atomic E-state index is 10.7. The van der Waals surface area contributed by atoms with Crippen LogP contribution in [0.15, 0.2) is 6.33 Å².